The molecule has 162 valence electrons. The Labute approximate surface area is 194 Å². The molecule has 0 saturated heterocycles. The third kappa shape index (κ3) is 4.45. The summed E-state index contributed by atoms with van der Waals surface area (Å²) in [6, 6.07) is 10.8. The van der Waals surface area contributed by atoms with E-state index in [0.717, 1.165) is 32.2 Å². The molecule has 0 aliphatic rings. The summed E-state index contributed by atoms with van der Waals surface area (Å²) in [5.41, 5.74) is 9.93. The van der Waals surface area contributed by atoms with E-state index in [1.165, 1.54) is 0 Å². The first kappa shape index (κ1) is 21.8. The molecule has 0 radical (unpaired) electrons. The molecule has 1 aromatic carbocycles. The first-order valence-electron chi connectivity index (χ1n) is 10.2. The molecule has 0 aliphatic carbocycles. The van der Waals surface area contributed by atoms with Crippen molar-refractivity contribution in [3.8, 4) is 0 Å². The lowest BCUT2D eigenvalue weighted by atomic mass is 10.1. The number of aryl methyl sites for hydroxylation is 2. The molecule has 0 bridgehead atoms. The van der Waals surface area contributed by atoms with E-state index in [9.17, 15) is 4.79 Å². The monoisotopic (exact) mass is 490 g/mol. The quantitative estimate of drug-likeness (QED) is 0.431. The number of hydrogen-bond acceptors (Lipinski definition) is 6. The lowest BCUT2D eigenvalue weighted by Gasteiger charge is -2.29. The first-order valence-corrected chi connectivity index (χ1v) is 11.0. The van der Waals surface area contributed by atoms with E-state index in [2.05, 4.69) is 35.9 Å². The van der Waals surface area contributed by atoms with Crippen LogP contribution in [0, 0.1) is 13.8 Å². The summed E-state index contributed by atoms with van der Waals surface area (Å²) in [6.07, 6.45) is 5.10. The van der Waals surface area contributed by atoms with Gasteiger partial charge in [0.05, 0.1) is 23.8 Å². The maximum atomic E-state index is 13.7. The molecular formula is C24H23BrN6O. The largest absolute Gasteiger partial charge is 0.383 e. The van der Waals surface area contributed by atoms with Gasteiger partial charge in [0.1, 0.15) is 11.6 Å². The molecule has 4 rings (SSSR count). The maximum absolute atomic E-state index is 13.7. The zero-order chi connectivity index (χ0) is 22.8. The molecule has 32 heavy (non-hydrogen) atoms. The number of rotatable bonds is 5. The van der Waals surface area contributed by atoms with Gasteiger partial charge in [0.25, 0.3) is 5.91 Å². The predicted molar refractivity (Wildman–Crippen MR) is 128 cm³/mol. The minimum absolute atomic E-state index is 0.134. The second-order valence-corrected chi connectivity index (χ2v) is 8.65. The SMILES string of the molecule is Cc1cc2cc(C(=O)N(Cc3ncc(Br)cc3C)[C@H](C)c3ncccn3)ccc2nc1N. The number of benzene rings is 1. The fraction of sp³-hybridized carbons (Fsp3) is 0.208. The van der Waals surface area contributed by atoms with Crippen LogP contribution in [0.1, 0.15) is 46.0 Å². The number of carbonyl (C=O) groups excluding carboxylic acids is 1. The highest BCUT2D eigenvalue weighted by molar-refractivity contribution is 9.10. The Balaban J connectivity index is 1.75. The molecule has 1 atom stereocenters. The number of pyridine rings is 2. The van der Waals surface area contributed by atoms with E-state index in [1.54, 1.807) is 35.6 Å². The van der Waals surface area contributed by atoms with Gasteiger partial charge in [-0.05, 0) is 84.2 Å². The van der Waals surface area contributed by atoms with Gasteiger partial charge in [-0.2, -0.15) is 0 Å². The van der Waals surface area contributed by atoms with Gasteiger partial charge < -0.3 is 10.6 Å². The zero-order valence-corrected chi connectivity index (χ0v) is 19.7. The normalized spacial score (nSPS) is 12.0. The van der Waals surface area contributed by atoms with Crippen LogP contribution in [0.15, 0.2) is 59.5 Å². The maximum Gasteiger partial charge on any atom is 0.254 e. The van der Waals surface area contributed by atoms with E-state index in [0.29, 0.717) is 23.8 Å². The highest BCUT2D eigenvalue weighted by atomic mass is 79.9. The molecule has 3 heterocycles. The van der Waals surface area contributed by atoms with Crippen LogP contribution in [0.5, 0.6) is 0 Å². The van der Waals surface area contributed by atoms with Crippen molar-refractivity contribution in [2.45, 2.75) is 33.4 Å². The second kappa shape index (κ2) is 9.00. The summed E-state index contributed by atoms with van der Waals surface area (Å²) in [5, 5.41) is 0.865. The molecule has 4 aromatic rings. The van der Waals surface area contributed by atoms with Crippen LogP contribution in [-0.2, 0) is 6.54 Å². The number of carbonyl (C=O) groups is 1. The van der Waals surface area contributed by atoms with E-state index in [-0.39, 0.29) is 11.9 Å². The Hall–Kier alpha value is -3.39. The number of aromatic nitrogens is 4. The Morgan fingerprint density at radius 1 is 1.09 bits per heavy atom. The number of amides is 1. The molecule has 1 amide bonds. The van der Waals surface area contributed by atoms with Gasteiger partial charge in [0, 0.05) is 34.0 Å². The van der Waals surface area contributed by atoms with E-state index in [4.69, 9.17) is 5.73 Å². The number of halogens is 1. The standard InChI is InChI=1S/C24H23BrN6O/c1-14-10-19(25)12-29-21(14)13-31(16(3)23-27-7-4-8-28-23)24(32)17-5-6-20-18(11-17)9-15(2)22(26)30-20/h4-12,16H,13H2,1-3H3,(H2,26,30)/t16-/m1/s1. The molecule has 0 aliphatic heterocycles. The Morgan fingerprint density at radius 3 is 2.56 bits per heavy atom. The highest BCUT2D eigenvalue weighted by Crippen LogP contribution is 2.26. The van der Waals surface area contributed by atoms with Crippen LogP contribution in [-0.4, -0.2) is 30.7 Å². The Kier molecular flexibility index (Phi) is 6.14. The molecule has 8 heteroatoms. The van der Waals surface area contributed by atoms with Crippen LogP contribution in [0.2, 0.25) is 0 Å². The third-order valence-corrected chi connectivity index (χ3v) is 5.89. The summed E-state index contributed by atoms with van der Waals surface area (Å²) in [7, 11) is 0. The van der Waals surface area contributed by atoms with Crippen molar-refractivity contribution < 1.29 is 4.79 Å². The second-order valence-electron chi connectivity index (χ2n) is 7.73. The lowest BCUT2D eigenvalue weighted by Crippen LogP contribution is -2.34. The topological polar surface area (TPSA) is 97.9 Å². The first-order chi connectivity index (χ1) is 15.3. The van der Waals surface area contributed by atoms with Crippen LogP contribution < -0.4 is 5.73 Å². The van der Waals surface area contributed by atoms with Gasteiger partial charge in [0.15, 0.2) is 0 Å². The summed E-state index contributed by atoms with van der Waals surface area (Å²) in [6.45, 7) is 6.14. The predicted octanol–water partition coefficient (Wildman–Crippen LogP) is 4.78. The number of anilines is 1. The number of nitrogens with zero attached hydrogens (tertiary/aromatic N) is 5. The molecule has 7 nitrogen and oxygen atoms in total. The van der Waals surface area contributed by atoms with Crippen molar-refractivity contribution in [2.24, 2.45) is 0 Å². The fourth-order valence-corrected chi connectivity index (χ4v) is 3.99. The molecule has 0 fully saturated rings. The van der Waals surface area contributed by atoms with Gasteiger partial charge >= 0.3 is 0 Å². The zero-order valence-electron chi connectivity index (χ0n) is 18.1. The summed E-state index contributed by atoms with van der Waals surface area (Å²) in [4.78, 5) is 33.2. The van der Waals surface area contributed by atoms with Crippen LogP contribution in [0.4, 0.5) is 5.82 Å². The molecule has 3 aromatic heterocycles. The third-order valence-electron chi connectivity index (χ3n) is 5.45. The van der Waals surface area contributed by atoms with Gasteiger partial charge in [-0.3, -0.25) is 9.78 Å². The molecule has 0 saturated carbocycles. The van der Waals surface area contributed by atoms with E-state index < -0.39 is 0 Å². The summed E-state index contributed by atoms with van der Waals surface area (Å²) < 4.78 is 0.896. The molecule has 2 N–H and O–H groups in total. The smallest absolute Gasteiger partial charge is 0.254 e. The minimum atomic E-state index is -0.351. The number of nitrogen functional groups attached to an aromatic ring is 1. The van der Waals surface area contributed by atoms with Crippen molar-refractivity contribution in [2.75, 3.05) is 5.73 Å². The van der Waals surface area contributed by atoms with Crippen molar-refractivity contribution in [3.63, 3.8) is 0 Å². The molecule has 0 spiro atoms. The summed E-state index contributed by atoms with van der Waals surface area (Å²) in [5.74, 6) is 0.928. The number of nitrogens with two attached hydrogens (primary N) is 1. The van der Waals surface area contributed by atoms with Crippen molar-refractivity contribution in [1.29, 1.82) is 0 Å². The van der Waals surface area contributed by atoms with Gasteiger partial charge in [-0.25, -0.2) is 15.0 Å². The van der Waals surface area contributed by atoms with Crippen molar-refractivity contribution >= 4 is 38.6 Å². The van der Waals surface area contributed by atoms with Crippen molar-refractivity contribution in [1.82, 2.24) is 24.8 Å². The molecular weight excluding hydrogens is 468 g/mol. The van der Waals surface area contributed by atoms with Crippen LogP contribution in [0.25, 0.3) is 10.9 Å². The minimum Gasteiger partial charge on any atom is -0.383 e. The highest BCUT2D eigenvalue weighted by Gasteiger charge is 2.26. The summed E-state index contributed by atoms with van der Waals surface area (Å²) >= 11 is 3.45. The Bertz CT molecular complexity index is 1290. The van der Waals surface area contributed by atoms with Crippen molar-refractivity contribution in [3.05, 3.63) is 87.7 Å². The Morgan fingerprint density at radius 2 is 1.84 bits per heavy atom. The average molecular weight is 491 g/mol. The van der Waals surface area contributed by atoms with Crippen LogP contribution in [0.3, 0.4) is 0 Å². The molecule has 0 unspecified atom stereocenters. The van der Waals surface area contributed by atoms with E-state index >= 15 is 0 Å². The van der Waals surface area contributed by atoms with Gasteiger partial charge in [-0.15, -0.1) is 0 Å². The van der Waals surface area contributed by atoms with Crippen LogP contribution >= 0.6 is 15.9 Å². The fourth-order valence-electron chi connectivity index (χ4n) is 3.54. The average Bonchev–Trinajstić information content (AvgIpc) is 2.79. The number of hydrogen-bond donors (Lipinski definition) is 1. The van der Waals surface area contributed by atoms with Gasteiger partial charge in [-0.1, -0.05) is 0 Å². The number of fused-ring (bicyclic) bond motifs is 1. The van der Waals surface area contributed by atoms with Gasteiger partial charge in [0.2, 0.25) is 0 Å². The lowest BCUT2D eigenvalue weighted by molar-refractivity contribution is 0.0663. The van der Waals surface area contributed by atoms with E-state index in [1.807, 2.05) is 45.0 Å².